The summed E-state index contributed by atoms with van der Waals surface area (Å²) in [6, 6.07) is 15.4. The second-order valence-corrected chi connectivity index (χ2v) is 5.54. The predicted octanol–water partition coefficient (Wildman–Crippen LogP) is 5.30. The number of aromatic nitrogens is 1. The highest BCUT2D eigenvalue weighted by molar-refractivity contribution is 5.90. The second-order valence-electron chi connectivity index (χ2n) is 5.54. The van der Waals surface area contributed by atoms with Crippen molar-refractivity contribution in [2.75, 3.05) is 13.1 Å². The van der Waals surface area contributed by atoms with E-state index < -0.39 is 6.09 Å². The van der Waals surface area contributed by atoms with Crippen molar-refractivity contribution in [1.82, 2.24) is 9.88 Å². The van der Waals surface area contributed by atoms with Crippen molar-refractivity contribution in [3.63, 3.8) is 0 Å². The number of carbonyl (C=O) groups excluding carboxylic acids is 1. The number of pyridine rings is 1. The van der Waals surface area contributed by atoms with Gasteiger partial charge in [-0.3, -0.25) is 0 Å². The van der Waals surface area contributed by atoms with E-state index in [2.05, 4.69) is 4.98 Å². The normalized spacial score (nSPS) is 10.3. The molecule has 0 bridgehead atoms. The van der Waals surface area contributed by atoms with Gasteiger partial charge in [-0.05, 0) is 38.1 Å². The minimum atomic E-state index is -0.430. The van der Waals surface area contributed by atoms with Crippen LogP contribution in [0.4, 0.5) is 9.18 Å². The third-order valence-corrected chi connectivity index (χ3v) is 4.05. The van der Waals surface area contributed by atoms with Crippen LogP contribution in [0.2, 0.25) is 0 Å². The minimum absolute atomic E-state index is 0. The predicted molar refractivity (Wildman–Crippen MR) is 103 cm³/mol. The first-order chi connectivity index (χ1) is 12.1. The molecule has 2 aromatic carbocycles. The van der Waals surface area contributed by atoms with E-state index in [4.69, 9.17) is 4.74 Å². The van der Waals surface area contributed by atoms with Crippen LogP contribution >= 0.6 is 12.4 Å². The van der Waals surface area contributed by atoms with Gasteiger partial charge in [0.25, 0.3) is 0 Å². The number of nitrogens with zero attached hydrogens (tertiary/aromatic N) is 2. The lowest BCUT2D eigenvalue weighted by molar-refractivity contribution is 0.158. The number of hydrogen-bond acceptors (Lipinski definition) is 3. The van der Waals surface area contributed by atoms with E-state index in [-0.39, 0.29) is 18.2 Å². The number of para-hydroxylation sites is 1. The Kier molecular flexibility index (Phi) is 6.52. The van der Waals surface area contributed by atoms with Crippen molar-refractivity contribution in [2.24, 2.45) is 0 Å². The summed E-state index contributed by atoms with van der Waals surface area (Å²) in [5.74, 6) is 0.00653. The van der Waals surface area contributed by atoms with Crippen LogP contribution in [0.1, 0.15) is 13.8 Å². The van der Waals surface area contributed by atoms with Crippen LogP contribution < -0.4 is 4.74 Å². The van der Waals surface area contributed by atoms with E-state index in [9.17, 15) is 9.18 Å². The number of fused-ring (bicyclic) bond motifs is 1. The summed E-state index contributed by atoms with van der Waals surface area (Å²) >= 11 is 0. The Morgan fingerprint density at radius 3 is 2.42 bits per heavy atom. The highest BCUT2D eigenvalue weighted by Gasteiger charge is 2.16. The third-order valence-electron chi connectivity index (χ3n) is 4.05. The van der Waals surface area contributed by atoms with E-state index >= 15 is 0 Å². The Hall–Kier alpha value is -2.66. The Morgan fingerprint density at radius 1 is 1.08 bits per heavy atom. The van der Waals surface area contributed by atoms with Gasteiger partial charge < -0.3 is 9.64 Å². The molecule has 0 atom stereocenters. The molecular formula is C20H20ClFN2O2. The van der Waals surface area contributed by atoms with Gasteiger partial charge in [0.15, 0.2) is 0 Å². The molecule has 4 nitrogen and oxygen atoms in total. The largest absolute Gasteiger partial charge is 0.415 e. The summed E-state index contributed by atoms with van der Waals surface area (Å²) in [6.45, 7) is 4.89. The maximum Gasteiger partial charge on any atom is 0.415 e. The number of rotatable bonds is 4. The lowest BCUT2D eigenvalue weighted by Gasteiger charge is -2.19. The van der Waals surface area contributed by atoms with Gasteiger partial charge in [-0.1, -0.05) is 24.3 Å². The van der Waals surface area contributed by atoms with Crippen LogP contribution in [-0.4, -0.2) is 29.1 Å². The summed E-state index contributed by atoms with van der Waals surface area (Å²) in [5.41, 5.74) is 1.44. The molecule has 1 aromatic heterocycles. The molecule has 0 aliphatic carbocycles. The molecule has 0 unspecified atom stereocenters. The Labute approximate surface area is 158 Å². The summed E-state index contributed by atoms with van der Waals surface area (Å²) in [7, 11) is 0. The smallest absolute Gasteiger partial charge is 0.409 e. The molecule has 136 valence electrons. The molecule has 0 aliphatic heterocycles. The summed E-state index contributed by atoms with van der Waals surface area (Å²) in [6.07, 6.45) is -0.430. The van der Waals surface area contributed by atoms with Crippen molar-refractivity contribution in [1.29, 1.82) is 0 Å². The van der Waals surface area contributed by atoms with Crippen molar-refractivity contribution in [3.05, 3.63) is 60.4 Å². The van der Waals surface area contributed by atoms with Gasteiger partial charge in [-0.2, -0.15) is 0 Å². The van der Waals surface area contributed by atoms with Crippen LogP contribution in [0.3, 0.4) is 0 Å². The van der Waals surface area contributed by atoms with Gasteiger partial charge >= 0.3 is 6.09 Å². The number of benzene rings is 2. The zero-order chi connectivity index (χ0) is 17.8. The highest BCUT2D eigenvalue weighted by Crippen LogP contribution is 2.31. The van der Waals surface area contributed by atoms with Gasteiger partial charge in [0, 0.05) is 30.1 Å². The Bertz CT molecular complexity index is 913. The van der Waals surface area contributed by atoms with E-state index in [0.29, 0.717) is 41.0 Å². The average Bonchev–Trinajstić information content (AvgIpc) is 2.63. The van der Waals surface area contributed by atoms with E-state index in [1.54, 1.807) is 29.2 Å². The molecule has 1 amide bonds. The molecule has 0 fully saturated rings. The summed E-state index contributed by atoms with van der Waals surface area (Å²) < 4.78 is 19.7. The Balaban J connectivity index is 0.00000243. The molecule has 0 saturated carbocycles. The number of ether oxygens (including phenoxy) is 1. The lowest BCUT2D eigenvalue weighted by atomic mass is 10.1. The highest BCUT2D eigenvalue weighted by atomic mass is 35.5. The average molecular weight is 375 g/mol. The first kappa shape index (κ1) is 19.7. The molecule has 0 spiro atoms. The van der Waals surface area contributed by atoms with Gasteiger partial charge in [0.05, 0.1) is 11.2 Å². The quantitative estimate of drug-likeness (QED) is 0.622. The van der Waals surface area contributed by atoms with E-state index in [1.165, 1.54) is 6.07 Å². The fourth-order valence-electron chi connectivity index (χ4n) is 2.68. The first-order valence-corrected chi connectivity index (χ1v) is 8.25. The van der Waals surface area contributed by atoms with Crippen LogP contribution in [0, 0.1) is 5.82 Å². The van der Waals surface area contributed by atoms with Gasteiger partial charge in [-0.15, -0.1) is 12.4 Å². The number of amides is 1. The lowest BCUT2D eigenvalue weighted by Crippen LogP contribution is -2.33. The zero-order valence-electron chi connectivity index (χ0n) is 14.6. The van der Waals surface area contributed by atoms with Crippen LogP contribution in [0.25, 0.3) is 22.2 Å². The summed E-state index contributed by atoms with van der Waals surface area (Å²) in [4.78, 5) is 18.4. The topological polar surface area (TPSA) is 42.4 Å². The first-order valence-electron chi connectivity index (χ1n) is 8.25. The van der Waals surface area contributed by atoms with Gasteiger partial charge in [-0.25, -0.2) is 14.2 Å². The molecule has 0 radical (unpaired) electrons. The fraction of sp³-hybridized carbons (Fsp3) is 0.200. The minimum Gasteiger partial charge on any atom is -0.409 e. The zero-order valence-corrected chi connectivity index (χ0v) is 15.4. The molecule has 3 rings (SSSR count). The maximum atomic E-state index is 14.2. The van der Waals surface area contributed by atoms with Gasteiger partial charge in [0.1, 0.15) is 11.6 Å². The van der Waals surface area contributed by atoms with Crippen LogP contribution in [0.15, 0.2) is 54.6 Å². The molecule has 1 heterocycles. The maximum absolute atomic E-state index is 14.2. The molecule has 0 saturated heterocycles. The van der Waals surface area contributed by atoms with Crippen molar-refractivity contribution in [2.45, 2.75) is 13.8 Å². The second kappa shape index (κ2) is 8.63. The monoisotopic (exact) mass is 374 g/mol. The SMILES string of the molecule is CCN(CC)C(=O)Oc1cc(-c2ccccc2F)nc2ccccc12.Cl. The fourth-order valence-corrected chi connectivity index (χ4v) is 2.68. The van der Waals surface area contributed by atoms with Crippen molar-refractivity contribution in [3.8, 4) is 17.0 Å². The number of carbonyl (C=O) groups is 1. The van der Waals surface area contributed by atoms with Crippen molar-refractivity contribution < 1.29 is 13.9 Å². The molecule has 0 aliphatic rings. The molecular weight excluding hydrogens is 355 g/mol. The number of halogens is 2. The van der Waals surface area contributed by atoms with Crippen LogP contribution in [0.5, 0.6) is 5.75 Å². The molecule has 26 heavy (non-hydrogen) atoms. The van der Waals surface area contributed by atoms with Crippen LogP contribution in [-0.2, 0) is 0 Å². The Morgan fingerprint density at radius 2 is 1.73 bits per heavy atom. The standard InChI is InChI=1S/C20H19FN2O2.ClH/c1-3-23(4-2)20(24)25-19-13-18(14-9-5-7-11-16(14)21)22-17-12-8-6-10-15(17)19;/h5-13H,3-4H2,1-2H3;1H. The molecule has 0 N–H and O–H groups in total. The molecule has 6 heteroatoms. The van der Waals surface area contributed by atoms with Crippen molar-refractivity contribution >= 4 is 29.4 Å². The van der Waals surface area contributed by atoms with E-state index in [0.717, 1.165) is 0 Å². The molecule has 3 aromatic rings. The summed E-state index contributed by atoms with van der Waals surface area (Å²) in [5, 5.41) is 0.711. The van der Waals surface area contributed by atoms with Gasteiger partial charge in [0.2, 0.25) is 0 Å². The number of hydrogen-bond donors (Lipinski definition) is 0. The van der Waals surface area contributed by atoms with E-state index in [1.807, 2.05) is 38.1 Å². The third kappa shape index (κ3) is 3.94.